The van der Waals surface area contributed by atoms with Crippen molar-refractivity contribution in [3.8, 4) is 0 Å². The van der Waals surface area contributed by atoms with E-state index in [2.05, 4.69) is 5.32 Å². The van der Waals surface area contributed by atoms with Crippen LogP contribution in [0.4, 0.5) is 18.9 Å². The van der Waals surface area contributed by atoms with Crippen LogP contribution in [-0.2, 0) is 6.18 Å². The van der Waals surface area contributed by atoms with Gasteiger partial charge in [0.05, 0.1) is 11.6 Å². The average Bonchev–Trinajstić information content (AvgIpc) is 2.48. The van der Waals surface area contributed by atoms with Crippen LogP contribution in [0.2, 0.25) is 5.02 Å². The fourth-order valence-corrected chi connectivity index (χ4v) is 2.09. The summed E-state index contributed by atoms with van der Waals surface area (Å²) < 4.78 is 38.0. The number of halogens is 4. The molecular weight excluding hydrogens is 315 g/mol. The SMILES string of the molecule is CC(Nc1ccc(Cl)cc1)C(=O)c1cccc(C(F)(F)F)c1. The van der Waals surface area contributed by atoms with Crippen LogP contribution in [0.15, 0.2) is 48.5 Å². The number of nitrogens with one attached hydrogen (secondary N) is 1. The molecule has 0 bridgehead atoms. The summed E-state index contributed by atoms with van der Waals surface area (Å²) in [6, 6.07) is 10.4. The Morgan fingerprint density at radius 3 is 2.36 bits per heavy atom. The highest BCUT2D eigenvalue weighted by Gasteiger charge is 2.31. The van der Waals surface area contributed by atoms with Gasteiger partial charge in [-0.2, -0.15) is 13.2 Å². The molecule has 1 unspecified atom stereocenters. The van der Waals surface area contributed by atoms with Crippen LogP contribution < -0.4 is 5.32 Å². The van der Waals surface area contributed by atoms with Gasteiger partial charge in [0, 0.05) is 16.3 Å². The van der Waals surface area contributed by atoms with Crippen LogP contribution in [0.25, 0.3) is 0 Å². The summed E-state index contributed by atoms with van der Waals surface area (Å²) in [4.78, 5) is 12.2. The molecule has 0 heterocycles. The summed E-state index contributed by atoms with van der Waals surface area (Å²) in [7, 11) is 0. The molecule has 0 amide bonds. The summed E-state index contributed by atoms with van der Waals surface area (Å²) in [5.74, 6) is -0.416. The van der Waals surface area contributed by atoms with Gasteiger partial charge in [-0.15, -0.1) is 0 Å². The fraction of sp³-hybridized carbons (Fsp3) is 0.188. The van der Waals surface area contributed by atoms with E-state index in [0.717, 1.165) is 12.1 Å². The molecule has 0 aliphatic rings. The second-order valence-corrected chi connectivity index (χ2v) is 5.25. The maximum atomic E-state index is 12.7. The number of benzene rings is 2. The Bertz CT molecular complexity index is 668. The summed E-state index contributed by atoms with van der Waals surface area (Å²) >= 11 is 5.77. The summed E-state index contributed by atoms with van der Waals surface area (Å²) in [5, 5.41) is 3.49. The molecule has 2 aromatic carbocycles. The average molecular weight is 328 g/mol. The van der Waals surface area contributed by atoms with E-state index in [4.69, 9.17) is 11.6 Å². The predicted molar refractivity (Wildman–Crippen MR) is 80.3 cm³/mol. The highest BCUT2D eigenvalue weighted by atomic mass is 35.5. The van der Waals surface area contributed by atoms with Crippen molar-refractivity contribution >= 4 is 23.1 Å². The molecule has 0 aliphatic heterocycles. The molecule has 2 rings (SSSR count). The van der Waals surface area contributed by atoms with E-state index < -0.39 is 23.6 Å². The summed E-state index contributed by atoms with van der Waals surface area (Å²) in [5.41, 5.74) is -0.155. The second kappa shape index (κ2) is 6.40. The van der Waals surface area contributed by atoms with Gasteiger partial charge in [0.1, 0.15) is 0 Å². The molecule has 0 aliphatic carbocycles. The molecule has 0 spiro atoms. The lowest BCUT2D eigenvalue weighted by molar-refractivity contribution is -0.137. The van der Waals surface area contributed by atoms with Gasteiger partial charge >= 0.3 is 6.18 Å². The van der Waals surface area contributed by atoms with Gasteiger partial charge in [0.25, 0.3) is 0 Å². The van der Waals surface area contributed by atoms with Gasteiger partial charge < -0.3 is 5.32 Å². The number of Topliss-reactive ketones (excluding diaryl/α,β-unsaturated/α-hetero) is 1. The van der Waals surface area contributed by atoms with Gasteiger partial charge in [0.2, 0.25) is 0 Å². The van der Waals surface area contributed by atoms with E-state index in [1.54, 1.807) is 31.2 Å². The molecule has 0 saturated heterocycles. The number of ketones is 1. The molecule has 0 fully saturated rings. The van der Waals surface area contributed by atoms with Crippen LogP contribution >= 0.6 is 11.6 Å². The predicted octanol–water partition coefficient (Wildman–Crippen LogP) is 5.04. The standard InChI is InChI=1S/C16H13ClF3NO/c1-10(21-14-7-5-13(17)6-8-14)15(22)11-3-2-4-12(9-11)16(18,19)20/h2-10,21H,1H3. The maximum absolute atomic E-state index is 12.7. The van der Waals surface area contributed by atoms with Crippen molar-refractivity contribution in [2.45, 2.75) is 19.1 Å². The normalized spacial score (nSPS) is 12.8. The second-order valence-electron chi connectivity index (χ2n) is 4.82. The Morgan fingerprint density at radius 1 is 1.14 bits per heavy atom. The molecule has 1 atom stereocenters. The van der Waals surface area contributed by atoms with Crippen LogP contribution in [-0.4, -0.2) is 11.8 Å². The van der Waals surface area contributed by atoms with Gasteiger partial charge in [-0.25, -0.2) is 0 Å². The first kappa shape index (κ1) is 16.4. The number of rotatable bonds is 4. The minimum absolute atomic E-state index is 0.0174. The number of hydrogen-bond acceptors (Lipinski definition) is 2. The molecule has 6 heteroatoms. The summed E-state index contributed by atoms with van der Waals surface area (Å²) in [6.07, 6.45) is -4.47. The smallest absolute Gasteiger partial charge is 0.375 e. The van der Waals surface area contributed by atoms with Gasteiger partial charge in [0.15, 0.2) is 5.78 Å². The molecular formula is C16H13ClF3NO. The van der Waals surface area contributed by atoms with Crippen LogP contribution in [0, 0.1) is 0 Å². The number of carbonyl (C=O) groups excluding carboxylic acids is 1. The van der Waals surface area contributed by atoms with Gasteiger partial charge in [-0.05, 0) is 43.3 Å². The first-order chi connectivity index (χ1) is 10.3. The number of anilines is 1. The molecule has 2 aromatic rings. The molecule has 116 valence electrons. The Hall–Kier alpha value is -2.01. The van der Waals surface area contributed by atoms with Crippen molar-refractivity contribution < 1.29 is 18.0 Å². The van der Waals surface area contributed by atoms with Crippen LogP contribution in [0.1, 0.15) is 22.8 Å². The van der Waals surface area contributed by atoms with Crippen LogP contribution in [0.5, 0.6) is 0 Å². The van der Waals surface area contributed by atoms with Crippen molar-refractivity contribution in [2.75, 3.05) is 5.32 Å². The highest BCUT2D eigenvalue weighted by Crippen LogP contribution is 2.29. The Labute approximate surface area is 130 Å². The van der Waals surface area contributed by atoms with Crippen molar-refractivity contribution in [1.82, 2.24) is 0 Å². The lowest BCUT2D eigenvalue weighted by Crippen LogP contribution is -2.26. The zero-order valence-electron chi connectivity index (χ0n) is 11.6. The number of alkyl halides is 3. The van der Waals surface area contributed by atoms with E-state index in [-0.39, 0.29) is 5.56 Å². The Morgan fingerprint density at radius 2 is 1.77 bits per heavy atom. The van der Waals surface area contributed by atoms with E-state index in [1.165, 1.54) is 12.1 Å². The lowest BCUT2D eigenvalue weighted by Gasteiger charge is -2.15. The largest absolute Gasteiger partial charge is 0.416 e. The zero-order valence-corrected chi connectivity index (χ0v) is 12.4. The van der Waals surface area contributed by atoms with Gasteiger partial charge in [-0.1, -0.05) is 23.7 Å². The third-order valence-corrected chi connectivity index (χ3v) is 3.35. The monoisotopic (exact) mass is 327 g/mol. The minimum atomic E-state index is -4.47. The molecule has 0 aromatic heterocycles. The lowest BCUT2D eigenvalue weighted by atomic mass is 10.0. The topological polar surface area (TPSA) is 29.1 Å². The molecule has 1 N–H and O–H groups in total. The molecule has 0 saturated carbocycles. The molecule has 0 radical (unpaired) electrons. The first-order valence-electron chi connectivity index (χ1n) is 6.51. The van der Waals surface area contributed by atoms with Gasteiger partial charge in [-0.3, -0.25) is 4.79 Å². The first-order valence-corrected chi connectivity index (χ1v) is 6.89. The zero-order chi connectivity index (χ0) is 16.3. The Balaban J connectivity index is 2.15. The maximum Gasteiger partial charge on any atom is 0.416 e. The van der Waals surface area contributed by atoms with Crippen molar-refractivity contribution in [2.24, 2.45) is 0 Å². The third kappa shape index (κ3) is 4.01. The van der Waals surface area contributed by atoms with Crippen molar-refractivity contribution in [3.05, 3.63) is 64.7 Å². The van der Waals surface area contributed by atoms with Crippen LogP contribution in [0.3, 0.4) is 0 Å². The van der Waals surface area contributed by atoms with E-state index in [9.17, 15) is 18.0 Å². The van der Waals surface area contributed by atoms with E-state index >= 15 is 0 Å². The van der Waals surface area contributed by atoms with E-state index in [0.29, 0.717) is 10.7 Å². The highest BCUT2D eigenvalue weighted by molar-refractivity contribution is 6.30. The Kier molecular flexibility index (Phi) is 4.76. The summed E-state index contributed by atoms with van der Waals surface area (Å²) in [6.45, 7) is 1.59. The fourth-order valence-electron chi connectivity index (χ4n) is 1.96. The molecule has 2 nitrogen and oxygen atoms in total. The van der Waals surface area contributed by atoms with Crippen molar-refractivity contribution in [3.63, 3.8) is 0 Å². The number of carbonyl (C=O) groups is 1. The molecule has 22 heavy (non-hydrogen) atoms. The quantitative estimate of drug-likeness (QED) is 0.797. The van der Waals surface area contributed by atoms with Crippen molar-refractivity contribution in [1.29, 1.82) is 0 Å². The minimum Gasteiger partial charge on any atom is -0.375 e. The third-order valence-electron chi connectivity index (χ3n) is 3.10. The number of hydrogen-bond donors (Lipinski definition) is 1. The van der Waals surface area contributed by atoms with E-state index in [1.807, 2.05) is 0 Å².